The maximum Gasteiger partial charge on any atom is 0.220 e. The van der Waals surface area contributed by atoms with Crippen LogP contribution in [-0.4, -0.2) is 15.1 Å². The van der Waals surface area contributed by atoms with Crippen molar-refractivity contribution in [2.24, 2.45) is 5.73 Å². The molecular formula is C14H14N2O2S. The summed E-state index contributed by atoms with van der Waals surface area (Å²) in [6.45, 7) is 1.81. The summed E-state index contributed by atoms with van der Waals surface area (Å²) in [7, 11) is 0. The Kier molecular flexibility index (Phi) is 4.09. The molecule has 0 unspecified atom stereocenters. The highest BCUT2D eigenvalue weighted by Crippen LogP contribution is 2.22. The Labute approximate surface area is 116 Å². The van der Waals surface area contributed by atoms with E-state index < -0.39 is 0 Å². The van der Waals surface area contributed by atoms with E-state index in [1.165, 1.54) is 0 Å². The largest absolute Gasteiger partial charge is 0.439 e. The van der Waals surface area contributed by atoms with Gasteiger partial charge in [-0.05, 0) is 30.7 Å². The first-order valence-corrected chi connectivity index (χ1v) is 6.15. The SMILES string of the molecule is Cc1cc(C(N)=S)cc(Oc2cccc(CO)c2)n1. The molecule has 3 N–H and O–H groups in total. The Balaban J connectivity index is 2.29. The molecule has 0 fully saturated rings. The number of nitrogens with zero attached hydrogens (tertiary/aromatic N) is 1. The maximum absolute atomic E-state index is 9.08. The lowest BCUT2D eigenvalue weighted by atomic mass is 10.2. The van der Waals surface area contributed by atoms with E-state index in [1.54, 1.807) is 24.3 Å². The molecule has 0 aliphatic rings. The molecule has 0 atom stereocenters. The topological polar surface area (TPSA) is 68.4 Å². The molecule has 2 rings (SSSR count). The van der Waals surface area contributed by atoms with Crippen LogP contribution in [0.3, 0.4) is 0 Å². The molecule has 0 spiro atoms. The van der Waals surface area contributed by atoms with Gasteiger partial charge in [0.15, 0.2) is 0 Å². The molecule has 98 valence electrons. The van der Waals surface area contributed by atoms with Gasteiger partial charge in [-0.2, -0.15) is 0 Å². The summed E-state index contributed by atoms with van der Waals surface area (Å²) < 4.78 is 5.66. The predicted octanol–water partition coefficient (Wildman–Crippen LogP) is 2.31. The molecule has 19 heavy (non-hydrogen) atoms. The zero-order valence-electron chi connectivity index (χ0n) is 10.5. The van der Waals surface area contributed by atoms with Gasteiger partial charge in [0, 0.05) is 17.3 Å². The molecule has 0 radical (unpaired) electrons. The number of aliphatic hydroxyl groups is 1. The Morgan fingerprint density at radius 1 is 1.37 bits per heavy atom. The van der Waals surface area contributed by atoms with Crippen molar-refractivity contribution in [2.45, 2.75) is 13.5 Å². The van der Waals surface area contributed by atoms with E-state index in [4.69, 9.17) is 27.8 Å². The van der Waals surface area contributed by atoms with E-state index >= 15 is 0 Å². The third-order valence-corrected chi connectivity index (χ3v) is 2.75. The fourth-order valence-corrected chi connectivity index (χ4v) is 1.78. The van der Waals surface area contributed by atoms with Crippen molar-refractivity contribution in [3.05, 3.63) is 53.2 Å². The second kappa shape index (κ2) is 5.77. The van der Waals surface area contributed by atoms with E-state index in [2.05, 4.69) is 4.98 Å². The van der Waals surface area contributed by atoms with Crippen LogP contribution in [0.1, 0.15) is 16.8 Å². The molecule has 0 aliphatic carbocycles. The van der Waals surface area contributed by atoms with Crippen LogP contribution >= 0.6 is 12.2 Å². The van der Waals surface area contributed by atoms with Crippen molar-refractivity contribution in [3.63, 3.8) is 0 Å². The molecule has 0 saturated heterocycles. The number of nitrogens with two attached hydrogens (primary N) is 1. The zero-order chi connectivity index (χ0) is 13.8. The highest BCUT2D eigenvalue weighted by molar-refractivity contribution is 7.80. The number of benzene rings is 1. The number of rotatable bonds is 4. The quantitative estimate of drug-likeness (QED) is 0.837. The maximum atomic E-state index is 9.08. The zero-order valence-corrected chi connectivity index (χ0v) is 11.3. The normalized spacial score (nSPS) is 10.2. The van der Waals surface area contributed by atoms with E-state index in [1.807, 2.05) is 19.1 Å². The molecule has 0 aliphatic heterocycles. The third kappa shape index (κ3) is 3.49. The van der Waals surface area contributed by atoms with Crippen molar-refractivity contribution in [1.82, 2.24) is 4.98 Å². The summed E-state index contributed by atoms with van der Waals surface area (Å²) in [5.74, 6) is 1.04. The number of thiocarbonyl (C=S) groups is 1. The number of aryl methyl sites for hydroxylation is 1. The molecule has 2 aromatic rings. The van der Waals surface area contributed by atoms with Gasteiger partial charge in [0.25, 0.3) is 0 Å². The van der Waals surface area contributed by atoms with Crippen LogP contribution in [0.4, 0.5) is 0 Å². The van der Waals surface area contributed by atoms with Crippen LogP contribution in [0, 0.1) is 6.92 Å². The lowest BCUT2D eigenvalue weighted by Gasteiger charge is -2.08. The Morgan fingerprint density at radius 2 is 2.16 bits per heavy atom. The summed E-state index contributed by atoms with van der Waals surface area (Å²) >= 11 is 4.95. The molecule has 1 heterocycles. The number of aromatic nitrogens is 1. The molecule has 5 heteroatoms. The Morgan fingerprint density at radius 3 is 2.84 bits per heavy atom. The minimum Gasteiger partial charge on any atom is -0.439 e. The summed E-state index contributed by atoms with van der Waals surface area (Å²) in [5, 5.41) is 9.08. The molecular weight excluding hydrogens is 260 g/mol. The minimum atomic E-state index is -0.0312. The van der Waals surface area contributed by atoms with Gasteiger partial charge in [-0.25, -0.2) is 4.98 Å². The van der Waals surface area contributed by atoms with Crippen LogP contribution in [0.25, 0.3) is 0 Å². The van der Waals surface area contributed by atoms with Gasteiger partial charge in [0.05, 0.1) is 6.61 Å². The predicted molar refractivity (Wildman–Crippen MR) is 77.3 cm³/mol. The molecule has 1 aromatic heterocycles. The molecule has 0 saturated carbocycles. The second-order valence-corrected chi connectivity index (χ2v) is 4.55. The first kappa shape index (κ1) is 13.5. The lowest BCUT2D eigenvalue weighted by molar-refractivity contribution is 0.281. The van der Waals surface area contributed by atoms with Gasteiger partial charge < -0.3 is 15.6 Å². The van der Waals surface area contributed by atoms with Gasteiger partial charge in [-0.1, -0.05) is 24.4 Å². The number of hydrogen-bond acceptors (Lipinski definition) is 4. The fraction of sp³-hybridized carbons (Fsp3) is 0.143. The summed E-state index contributed by atoms with van der Waals surface area (Å²) in [4.78, 5) is 4.57. The molecule has 0 bridgehead atoms. The van der Waals surface area contributed by atoms with Crippen molar-refractivity contribution in [3.8, 4) is 11.6 Å². The molecule has 1 aromatic carbocycles. The number of pyridine rings is 1. The van der Waals surface area contributed by atoms with Crippen LogP contribution < -0.4 is 10.5 Å². The van der Waals surface area contributed by atoms with Crippen molar-refractivity contribution in [2.75, 3.05) is 0 Å². The van der Waals surface area contributed by atoms with E-state index in [0.29, 0.717) is 16.6 Å². The third-order valence-electron chi connectivity index (χ3n) is 2.52. The molecule has 0 amide bonds. The summed E-state index contributed by atoms with van der Waals surface area (Å²) in [6, 6.07) is 10.7. The first-order valence-electron chi connectivity index (χ1n) is 5.74. The highest BCUT2D eigenvalue weighted by atomic mass is 32.1. The second-order valence-electron chi connectivity index (χ2n) is 4.11. The standard InChI is InChI=1S/C14H14N2O2S/c1-9-5-11(14(15)19)7-13(16-9)18-12-4-2-3-10(6-12)8-17/h2-7,17H,8H2,1H3,(H2,15,19). The average Bonchev–Trinajstić information content (AvgIpc) is 2.38. The van der Waals surface area contributed by atoms with Gasteiger partial charge in [0.2, 0.25) is 5.88 Å². The lowest BCUT2D eigenvalue weighted by Crippen LogP contribution is -2.10. The monoisotopic (exact) mass is 274 g/mol. The van der Waals surface area contributed by atoms with Gasteiger partial charge in [0.1, 0.15) is 10.7 Å². The first-order chi connectivity index (χ1) is 9.08. The van der Waals surface area contributed by atoms with E-state index in [-0.39, 0.29) is 6.61 Å². The number of ether oxygens (including phenoxy) is 1. The Bertz CT molecular complexity index is 614. The van der Waals surface area contributed by atoms with E-state index in [0.717, 1.165) is 16.8 Å². The number of hydrogen-bond donors (Lipinski definition) is 2. The van der Waals surface area contributed by atoms with Crippen molar-refractivity contribution < 1.29 is 9.84 Å². The van der Waals surface area contributed by atoms with Gasteiger partial charge in [-0.3, -0.25) is 0 Å². The van der Waals surface area contributed by atoms with Crippen LogP contribution in [0.2, 0.25) is 0 Å². The molecule has 4 nitrogen and oxygen atoms in total. The minimum absolute atomic E-state index is 0.0312. The van der Waals surface area contributed by atoms with Gasteiger partial charge in [-0.15, -0.1) is 0 Å². The van der Waals surface area contributed by atoms with Crippen LogP contribution in [0.5, 0.6) is 11.6 Å². The van der Waals surface area contributed by atoms with Crippen molar-refractivity contribution >= 4 is 17.2 Å². The summed E-state index contributed by atoms with van der Waals surface area (Å²) in [5.41, 5.74) is 7.88. The smallest absolute Gasteiger partial charge is 0.220 e. The fourth-order valence-electron chi connectivity index (χ4n) is 1.66. The van der Waals surface area contributed by atoms with Crippen LogP contribution in [-0.2, 0) is 6.61 Å². The van der Waals surface area contributed by atoms with Gasteiger partial charge >= 0.3 is 0 Å². The highest BCUT2D eigenvalue weighted by Gasteiger charge is 2.05. The van der Waals surface area contributed by atoms with Crippen LogP contribution in [0.15, 0.2) is 36.4 Å². The number of aliphatic hydroxyl groups excluding tert-OH is 1. The Hall–Kier alpha value is -1.98. The van der Waals surface area contributed by atoms with Crippen molar-refractivity contribution in [1.29, 1.82) is 0 Å². The van der Waals surface area contributed by atoms with E-state index in [9.17, 15) is 0 Å². The summed E-state index contributed by atoms with van der Waals surface area (Å²) in [6.07, 6.45) is 0. The average molecular weight is 274 g/mol.